The number of amides is 1. The maximum atomic E-state index is 13.6. The van der Waals surface area contributed by atoms with Crippen LogP contribution in [0.2, 0.25) is 5.02 Å². The molecule has 108 valence electrons. The highest BCUT2D eigenvalue weighted by molar-refractivity contribution is 6.31. The fourth-order valence-corrected chi connectivity index (χ4v) is 2.09. The summed E-state index contributed by atoms with van der Waals surface area (Å²) in [7, 11) is 0. The number of carboxylic acids is 1. The van der Waals surface area contributed by atoms with E-state index in [0.717, 1.165) is 6.07 Å². The lowest BCUT2D eigenvalue weighted by Crippen LogP contribution is -2.43. The van der Waals surface area contributed by atoms with Gasteiger partial charge in [-0.1, -0.05) is 17.7 Å². The molecule has 0 radical (unpaired) electrons. The number of rotatable bonds is 5. The Balaban J connectivity index is 2.09. The van der Waals surface area contributed by atoms with Gasteiger partial charge < -0.3 is 10.4 Å². The molecule has 1 aromatic rings. The van der Waals surface area contributed by atoms with Crippen LogP contribution in [0.15, 0.2) is 18.2 Å². The Hall–Kier alpha value is -1.69. The number of aliphatic carboxylic acids is 1. The van der Waals surface area contributed by atoms with Crippen molar-refractivity contribution in [3.05, 3.63) is 34.6 Å². The Labute approximate surface area is 118 Å². The number of nitrogens with one attached hydrogen (secondary N) is 1. The molecule has 0 aromatic heterocycles. The predicted molar refractivity (Wildman–Crippen MR) is 67.7 cm³/mol. The van der Waals surface area contributed by atoms with Crippen LogP contribution in [0, 0.1) is 11.7 Å². The minimum absolute atomic E-state index is 0.00876. The van der Waals surface area contributed by atoms with Crippen molar-refractivity contribution in [1.82, 2.24) is 5.32 Å². The summed E-state index contributed by atoms with van der Waals surface area (Å²) >= 11 is 5.81. The third-order valence-corrected chi connectivity index (χ3v) is 3.49. The summed E-state index contributed by atoms with van der Waals surface area (Å²) in [5.74, 6) is -3.44. The van der Waals surface area contributed by atoms with E-state index in [4.69, 9.17) is 16.7 Å². The van der Waals surface area contributed by atoms with Gasteiger partial charge in [0.25, 0.3) is 0 Å². The first-order valence-electron chi connectivity index (χ1n) is 6.00. The second kappa shape index (κ2) is 5.75. The molecule has 1 fully saturated rings. The van der Waals surface area contributed by atoms with Gasteiger partial charge in [0.15, 0.2) is 0 Å². The Morgan fingerprint density at radius 3 is 2.65 bits per heavy atom. The third-order valence-electron chi connectivity index (χ3n) is 3.13. The Bertz CT molecular complexity index is 532. The molecule has 7 heteroatoms. The van der Waals surface area contributed by atoms with E-state index in [1.54, 1.807) is 0 Å². The van der Waals surface area contributed by atoms with E-state index in [1.165, 1.54) is 12.1 Å². The van der Waals surface area contributed by atoms with Gasteiger partial charge in [-0.3, -0.25) is 4.79 Å². The highest BCUT2D eigenvalue weighted by Gasteiger charge is 2.44. The minimum atomic E-state index is -1.34. The maximum absolute atomic E-state index is 13.6. The van der Waals surface area contributed by atoms with Gasteiger partial charge in [-0.05, 0) is 18.6 Å². The number of carbonyl (C=O) groups is 2. The molecule has 0 saturated heterocycles. The molecule has 0 heterocycles. The first-order valence-corrected chi connectivity index (χ1v) is 6.38. The van der Waals surface area contributed by atoms with Gasteiger partial charge in [-0.25, -0.2) is 13.6 Å². The summed E-state index contributed by atoms with van der Waals surface area (Å²) in [6.45, 7) is 0. The lowest BCUT2D eigenvalue weighted by molar-refractivity contribution is -0.142. The van der Waals surface area contributed by atoms with Crippen molar-refractivity contribution >= 4 is 23.5 Å². The summed E-state index contributed by atoms with van der Waals surface area (Å²) in [6, 6.07) is 2.64. The molecule has 1 unspecified atom stereocenters. The summed E-state index contributed by atoms with van der Waals surface area (Å²) in [5.41, 5.74) is 0.00876. The average molecular weight is 304 g/mol. The fraction of sp³-hybridized carbons (Fsp3) is 0.385. The number of carbonyl (C=O) groups excluding carboxylic acids is 1. The van der Waals surface area contributed by atoms with E-state index in [0.29, 0.717) is 0 Å². The van der Waals surface area contributed by atoms with Crippen molar-refractivity contribution < 1.29 is 23.5 Å². The second-order valence-electron chi connectivity index (χ2n) is 4.66. The van der Waals surface area contributed by atoms with E-state index < -0.39 is 35.8 Å². The molecule has 20 heavy (non-hydrogen) atoms. The largest absolute Gasteiger partial charge is 0.480 e. The zero-order valence-electron chi connectivity index (χ0n) is 10.3. The minimum Gasteiger partial charge on any atom is -0.480 e. The van der Waals surface area contributed by atoms with Crippen LogP contribution in [0.4, 0.5) is 8.78 Å². The first kappa shape index (κ1) is 14.7. The zero-order chi connectivity index (χ0) is 14.9. The lowest BCUT2D eigenvalue weighted by atomic mass is 10.0. The second-order valence-corrected chi connectivity index (χ2v) is 5.07. The topological polar surface area (TPSA) is 66.4 Å². The van der Waals surface area contributed by atoms with Crippen molar-refractivity contribution in [3.63, 3.8) is 0 Å². The fourth-order valence-electron chi connectivity index (χ4n) is 1.85. The van der Waals surface area contributed by atoms with Crippen molar-refractivity contribution in [3.8, 4) is 0 Å². The standard InChI is InChI=1S/C13H12ClF2NO3/c14-8-2-1-3-9(15)6(8)5-11(13(19)20)17-12(18)7-4-10(7)16/h1-3,7,10-11H,4-5H2,(H,17,18)(H,19,20)/t7-,10-,11?/m1/s1. The van der Waals surface area contributed by atoms with E-state index in [9.17, 15) is 18.4 Å². The molecule has 1 saturated carbocycles. The van der Waals surface area contributed by atoms with Gasteiger partial charge in [-0.2, -0.15) is 0 Å². The zero-order valence-corrected chi connectivity index (χ0v) is 11.0. The highest BCUT2D eigenvalue weighted by Crippen LogP contribution is 2.34. The van der Waals surface area contributed by atoms with Crippen molar-refractivity contribution in [2.75, 3.05) is 0 Å². The summed E-state index contributed by atoms with van der Waals surface area (Å²) < 4.78 is 26.3. The number of halogens is 3. The van der Waals surface area contributed by atoms with E-state index in [-0.39, 0.29) is 23.4 Å². The first-order chi connectivity index (χ1) is 9.40. The van der Waals surface area contributed by atoms with Gasteiger partial charge >= 0.3 is 5.97 Å². The van der Waals surface area contributed by atoms with Crippen molar-refractivity contribution in [2.45, 2.75) is 25.1 Å². The number of hydrogen-bond donors (Lipinski definition) is 2. The average Bonchev–Trinajstić information content (AvgIpc) is 3.09. The van der Waals surface area contributed by atoms with Crippen LogP contribution in [0.25, 0.3) is 0 Å². The third kappa shape index (κ3) is 3.25. The smallest absolute Gasteiger partial charge is 0.326 e. The van der Waals surface area contributed by atoms with Gasteiger partial charge in [-0.15, -0.1) is 0 Å². The number of carboxylic acid groups (broad SMARTS) is 1. The molecule has 2 rings (SSSR count). The molecule has 4 nitrogen and oxygen atoms in total. The van der Waals surface area contributed by atoms with Crippen LogP contribution in [0.3, 0.4) is 0 Å². The molecule has 1 aliphatic rings. The predicted octanol–water partition coefficient (Wildman–Crippen LogP) is 1.95. The van der Waals surface area contributed by atoms with Crippen LogP contribution < -0.4 is 5.32 Å². The van der Waals surface area contributed by atoms with Gasteiger partial charge in [0.1, 0.15) is 18.0 Å². The molecule has 1 aliphatic carbocycles. The van der Waals surface area contributed by atoms with Crippen molar-refractivity contribution in [2.24, 2.45) is 5.92 Å². The van der Waals surface area contributed by atoms with Crippen LogP contribution in [0.5, 0.6) is 0 Å². The molecule has 0 bridgehead atoms. The van der Waals surface area contributed by atoms with Crippen LogP contribution >= 0.6 is 11.6 Å². The normalized spacial score (nSPS) is 22.1. The SMILES string of the molecule is O=C(O)C(Cc1c(F)cccc1Cl)NC(=O)[C@@H]1C[C@H]1F. The van der Waals surface area contributed by atoms with Crippen LogP contribution in [0.1, 0.15) is 12.0 Å². The van der Waals surface area contributed by atoms with E-state index >= 15 is 0 Å². The molecular formula is C13H12ClF2NO3. The molecular weight excluding hydrogens is 292 g/mol. The molecule has 0 spiro atoms. The van der Waals surface area contributed by atoms with Crippen LogP contribution in [-0.2, 0) is 16.0 Å². The molecule has 1 aromatic carbocycles. The number of benzene rings is 1. The Morgan fingerprint density at radius 1 is 1.50 bits per heavy atom. The van der Waals surface area contributed by atoms with E-state index in [1.807, 2.05) is 0 Å². The van der Waals surface area contributed by atoms with Gasteiger partial charge in [0.2, 0.25) is 5.91 Å². The van der Waals surface area contributed by atoms with Gasteiger partial charge in [0, 0.05) is 17.0 Å². The molecule has 0 aliphatic heterocycles. The lowest BCUT2D eigenvalue weighted by Gasteiger charge is -2.15. The molecule has 2 N–H and O–H groups in total. The van der Waals surface area contributed by atoms with E-state index in [2.05, 4.69) is 5.32 Å². The monoisotopic (exact) mass is 303 g/mol. The quantitative estimate of drug-likeness (QED) is 0.874. The van der Waals surface area contributed by atoms with Crippen LogP contribution in [-0.4, -0.2) is 29.2 Å². The highest BCUT2D eigenvalue weighted by atomic mass is 35.5. The Kier molecular flexibility index (Phi) is 4.23. The maximum Gasteiger partial charge on any atom is 0.326 e. The van der Waals surface area contributed by atoms with Crippen molar-refractivity contribution in [1.29, 1.82) is 0 Å². The molecule has 1 amide bonds. The van der Waals surface area contributed by atoms with Gasteiger partial charge in [0.05, 0.1) is 5.92 Å². The number of alkyl halides is 1. The summed E-state index contributed by atoms with van der Waals surface area (Å²) in [5, 5.41) is 11.4. The summed E-state index contributed by atoms with van der Waals surface area (Å²) in [6.07, 6.45) is -1.42. The summed E-state index contributed by atoms with van der Waals surface area (Å²) in [4.78, 5) is 22.7. The molecule has 3 atom stereocenters. The Morgan fingerprint density at radius 2 is 2.15 bits per heavy atom. The number of hydrogen-bond acceptors (Lipinski definition) is 2.